The van der Waals surface area contributed by atoms with E-state index in [1.54, 1.807) is 36.0 Å². The highest BCUT2D eigenvalue weighted by Gasteiger charge is 2.09. The van der Waals surface area contributed by atoms with Gasteiger partial charge in [-0.3, -0.25) is 4.68 Å². The van der Waals surface area contributed by atoms with E-state index < -0.39 is 12.1 Å². The van der Waals surface area contributed by atoms with E-state index in [0.29, 0.717) is 17.8 Å². The van der Waals surface area contributed by atoms with Gasteiger partial charge in [0, 0.05) is 6.20 Å². The Morgan fingerprint density at radius 1 is 1.43 bits per heavy atom. The molecule has 0 unspecified atom stereocenters. The van der Waals surface area contributed by atoms with Gasteiger partial charge in [-0.15, -0.1) is 0 Å². The first-order chi connectivity index (χ1) is 11.1. The average Bonchev–Trinajstić information content (AvgIpc) is 2.94. The largest absolute Gasteiger partial charge is 0.450 e. The number of ether oxygens (including phenoxy) is 1. The van der Waals surface area contributed by atoms with Crippen molar-refractivity contribution < 1.29 is 14.3 Å². The van der Waals surface area contributed by atoms with Crippen LogP contribution in [0, 0.1) is 11.3 Å². The Balaban J connectivity index is 1.94. The second-order valence-corrected chi connectivity index (χ2v) is 4.54. The molecule has 0 fully saturated rings. The third kappa shape index (κ3) is 4.86. The van der Waals surface area contributed by atoms with Gasteiger partial charge in [-0.2, -0.15) is 10.4 Å². The summed E-state index contributed by atoms with van der Waals surface area (Å²) in [6, 6.07) is 8.54. The first-order valence-corrected chi connectivity index (χ1v) is 6.87. The molecule has 0 aliphatic heterocycles. The smallest absolute Gasteiger partial charge is 0.415 e. The second-order valence-electron chi connectivity index (χ2n) is 4.54. The highest BCUT2D eigenvalue weighted by atomic mass is 16.5. The first kappa shape index (κ1) is 16.0. The Bertz CT molecular complexity index is 748. The van der Waals surface area contributed by atoms with E-state index in [0.717, 1.165) is 5.56 Å². The summed E-state index contributed by atoms with van der Waals surface area (Å²) in [7, 11) is 0. The Kier molecular flexibility index (Phi) is 5.30. The van der Waals surface area contributed by atoms with E-state index in [-0.39, 0.29) is 6.61 Å². The summed E-state index contributed by atoms with van der Waals surface area (Å²) in [5.74, 6) is 0. The molecule has 2 N–H and O–H groups in total. The summed E-state index contributed by atoms with van der Waals surface area (Å²) in [6.07, 6.45) is 2.26. The van der Waals surface area contributed by atoms with Crippen LogP contribution in [0.15, 0.2) is 36.7 Å². The molecule has 2 aromatic rings. The number of urea groups is 1. The van der Waals surface area contributed by atoms with Gasteiger partial charge in [-0.05, 0) is 24.6 Å². The molecule has 1 aromatic carbocycles. The topological polar surface area (TPSA) is 109 Å². The Morgan fingerprint density at radius 2 is 2.26 bits per heavy atom. The third-order valence-electron chi connectivity index (χ3n) is 2.78. The van der Waals surface area contributed by atoms with Crippen molar-refractivity contribution in [3.05, 3.63) is 47.8 Å². The molecule has 0 saturated carbocycles. The summed E-state index contributed by atoms with van der Waals surface area (Å²) in [4.78, 5) is 22.7. The Labute approximate surface area is 132 Å². The minimum absolute atomic E-state index is 0.179. The maximum Gasteiger partial charge on any atom is 0.415 e. The number of carbonyl (C=O) groups excluding carboxylic acids is 2. The molecule has 8 heteroatoms. The standard InChI is InChI=1S/C15H15N5O3/c1-2-23-15(22)19-14(21)18-13-8-17-20(10-13)9-12-5-3-4-11(6-12)7-16/h3-6,8,10H,2,9H2,1H3,(H2,18,19,21,22). The minimum atomic E-state index is -0.814. The summed E-state index contributed by atoms with van der Waals surface area (Å²) in [5.41, 5.74) is 1.92. The van der Waals surface area contributed by atoms with Gasteiger partial charge in [0.25, 0.3) is 0 Å². The van der Waals surface area contributed by atoms with Crippen molar-refractivity contribution in [3.63, 3.8) is 0 Å². The lowest BCUT2D eigenvalue weighted by molar-refractivity contribution is 0.154. The summed E-state index contributed by atoms with van der Waals surface area (Å²) in [6.45, 7) is 2.28. The number of nitrogens with one attached hydrogen (secondary N) is 2. The van der Waals surface area contributed by atoms with Crippen molar-refractivity contribution in [1.82, 2.24) is 15.1 Å². The zero-order valence-corrected chi connectivity index (χ0v) is 12.4. The molecular formula is C15H15N5O3. The van der Waals surface area contributed by atoms with E-state index in [9.17, 15) is 9.59 Å². The van der Waals surface area contributed by atoms with Gasteiger partial charge >= 0.3 is 12.1 Å². The number of amides is 3. The molecule has 8 nitrogen and oxygen atoms in total. The van der Waals surface area contributed by atoms with Crippen molar-refractivity contribution in [2.24, 2.45) is 0 Å². The molecule has 0 aliphatic rings. The van der Waals surface area contributed by atoms with Crippen LogP contribution >= 0.6 is 0 Å². The molecule has 1 heterocycles. The van der Waals surface area contributed by atoms with Crippen LogP contribution in [0.5, 0.6) is 0 Å². The number of aromatic nitrogens is 2. The SMILES string of the molecule is CCOC(=O)NC(=O)Nc1cnn(Cc2cccc(C#N)c2)c1. The number of nitrogens with zero attached hydrogens (tertiary/aromatic N) is 3. The van der Waals surface area contributed by atoms with Gasteiger partial charge < -0.3 is 10.1 Å². The molecule has 0 bridgehead atoms. The quantitative estimate of drug-likeness (QED) is 0.898. The molecule has 0 radical (unpaired) electrons. The first-order valence-electron chi connectivity index (χ1n) is 6.87. The van der Waals surface area contributed by atoms with E-state index >= 15 is 0 Å². The van der Waals surface area contributed by atoms with Crippen LogP contribution in [0.25, 0.3) is 0 Å². The molecule has 2 rings (SSSR count). The van der Waals surface area contributed by atoms with Gasteiger partial charge in [0.05, 0.1) is 36.7 Å². The molecule has 118 valence electrons. The van der Waals surface area contributed by atoms with Crippen molar-refractivity contribution in [1.29, 1.82) is 5.26 Å². The number of hydrogen-bond donors (Lipinski definition) is 2. The number of alkyl carbamates (subject to hydrolysis) is 1. The number of rotatable bonds is 4. The van der Waals surface area contributed by atoms with Gasteiger partial charge in [-0.1, -0.05) is 12.1 Å². The normalized spacial score (nSPS) is 9.74. The summed E-state index contributed by atoms with van der Waals surface area (Å²) >= 11 is 0. The lowest BCUT2D eigenvalue weighted by Crippen LogP contribution is -2.34. The molecule has 3 amide bonds. The Morgan fingerprint density at radius 3 is 3.00 bits per heavy atom. The van der Waals surface area contributed by atoms with E-state index in [1.807, 2.05) is 11.4 Å². The predicted molar refractivity (Wildman–Crippen MR) is 81.7 cm³/mol. The fourth-order valence-electron chi connectivity index (χ4n) is 1.86. The van der Waals surface area contributed by atoms with Crippen molar-refractivity contribution in [2.45, 2.75) is 13.5 Å². The van der Waals surface area contributed by atoms with Crippen LogP contribution in [-0.2, 0) is 11.3 Å². The van der Waals surface area contributed by atoms with Crippen molar-refractivity contribution >= 4 is 17.8 Å². The van der Waals surface area contributed by atoms with Gasteiger partial charge in [0.1, 0.15) is 0 Å². The maximum absolute atomic E-state index is 11.6. The fraction of sp³-hybridized carbons (Fsp3) is 0.200. The van der Waals surface area contributed by atoms with Crippen LogP contribution in [0.1, 0.15) is 18.1 Å². The van der Waals surface area contributed by atoms with Gasteiger partial charge in [0.2, 0.25) is 0 Å². The van der Waals surface area contributed by atoms with Gasteiger partial charge in [-0.25, -0.2) is 14.9 Å². The lowest BCUT2D eigenvalue weighted by atomic mass is 10.1. The van der Waals surface area contributed by atoms with Crippen LogP contribution in [0.2, 0.25) is 0 Å². The zero-order valence-electron chi connectivity index (χ0n) is 12.4. The predicted octanol–water partition coefficient (Wildman–Crippen LogP) is 2.08. The highest BCUT2D eigenvalue weighted by Crippen LogP contribution is 2.09. The van der Waals surface area contributed by atoms with E-state index in [1.165, 1.54) is 6.20 Å². The molecule has 23 heavy (non-hydrogen) atoms. The molecule has 0 atom stereocenters. The number of hydrogen-bond acceptors (Lipinski definition) is 5. The van der Waals surface area contributed by atoms with Crippen LogP contribution in [0.3, 0.4) is 0 Å². The second kappa shape index (κ2) is 7.61. The van der Waals surface area contributed by atoms with Crippen molar-refractivity contribution in [2.75, 3.05) is 11.9 Å². The van der Waals surface area contributed by atoms with E-state index in [4.69, 9.17) is 5.26 Å². The monoisotopic (exact) mass is 313 g/mol. The van der Waals surface area contributed by atoms with Crippen molar-refractivity contribution in [3.8, 4) is 6.07 Å². The molecular weight excluding hydrogens is 298 g/mol. The van der Waals surface area contributed by atoms with Crippen LogP contribution < -0.4 is 10.6 Å². The highest BCUT2D eigenvalue weighted by molar-refractivity contribution is 5.98. The van der Waals surface area contributed by atoms with Gasteiger partial charge in [0.15, 0.2) is 0 Å². The molecule has 0 spiro atoms. The number of imide groups is 1. The molecule has 0 saturated heterocycles. The van der Waals surface area contributed by atoms with Crippen LogP contribution in [0.4, 0.5) is 15.3 Å². The van der Waals surface area contributed by atoms with E-state index in [2.05, 4.69) is 21.2 Å². The van der Waals surface area contributed by atoms with Crippen LogP contribution in [-0.4, -0.2) is 28.5 Å². The number of carbonyl (C=O) groups is 2. The molecule has 0 aliphatic carbocycles. The fourth-order valence-corrected chi connectivity index (χ4v) is 1.86. The minimum Gasteiger partial charge on any atom is -0.450 e. The lowest BCUT2D eigenvalue weighted by Gasteiger charge is -2.04. The number of benzene rings is 1. The third-order valence-corrected chi connectivity index (χ3v) is 2.78. The number of anilines is 1. The zero-order chi connectivity index (χ0) is 16.7. The average molecular weight is 313 g/mol. The number of nitriles is 1. The maximum atomic E-state index is 11.6. The Hall–Kier alpha value is -3.34. The summed E-state index contributed by atoms with van der Waals surface area (Å²) < 4.78 is 6.21. The molecule has 1 aromatic heterocycles. The summed E-state index contributed by atoms with van der Waals surface area (Å²) in [5, 5.41) is 17.5.